The minimum absolute atomic E-state index is 0.0781. The van der Waals surface area contributed by atoms with Gasteiger partial charge in [-0.2, -0.15) is 0 Å². The van der Waals surface area contributed by atoms with Crippen molar-refractivity contribution in [1.29, 1.82) is 0 Å². The Labute approximate surface area is 119 Å². The predicted molar refractivity (Wildman–Crippen MR) is 77.7 cm³/mol. The molecule has 1 saturated carbocycles. The second kappa shape index (κ2) is 6.84. The largest absolute Gasteiger partial charge is 0.356 e. The summed E-state index contributed by atoms with van der Waals surface area (Å²) < 4.78 is 13.0. The molecule has 1 aliphatic rings. The van der Waals surface area contributed by atoms with E-state index in [0.717, 1.165) is 36.8 Å². The van der Waals surface area contributed by atoms with Crippen LogP contribution in [0, 0.1) is 24.6 Å². The average Bonchev–Trinajstić information content (AvgIpc) is 2.89. The van der Waals surface area contributed by atoms with Crippen molar-refractivity contribution in [2.24, 2.45) is 17.6 Å². The number of hydrogen-bond donors (Lipinski definition) is 2. The molecule has 1 aromatic rings. The van der Waals surface area contributed by atoms with Gasteiger partial charge in [0.15, 0.2) is 0 Å². The van der Waals surface area contributed by atoms with Gasteiger partial charge in [0.05, 0.1) is 0 Å². The van der Waals surface area contributed by atoms with Crippen LogP contribution in [0.2, 0.25) is 0 Å². The maximum absolute atomic E-state index is 13.0. The topological polar surface area (TPSA) is 55.1 Å². The first-order valence-corrected chi connectivity index (χ1v) is 7.34. The molecule has 0 aromatic heterocycles. The zero-order valence-corrected chi connectivity index (χ0v) is 12.0. The van der Waals surface area contributed by atoms with Crippen LogP contribution in [0.4, 0.5) is 4.39 Å². The Morgan fingerprint density at radius 2 is 2.25 bits per heavy atom. The van der Waals surface area contributed by atoms with Gasteiger partial charge in [0.1, 0.15) is 5.82 Å². The summed E-state index contributed by atoms with van der Waals surface area (Å²) in [6, 6.07) is 4.78. The molecule has 2 unspecified atom stereocenters. The van der Waals surface area contributed by atoms with E-state index in [0.29, 0.717) is 19.0 Å². The van der Waals surface area contributed by atoms with Crippen LogP contribution in [0.5, 0.6) is 0 Å². The van der Waals surface area contributed by atoms with Crippen LogP contribution < -0.4 is 11.1 Å². The minimum atomic E-state index is -0.216. The van der Waals surface area contributed by atoms with Crippen molar-refractivity contribution in [3.8, 4) is 0 Å². The first kappa shape index (κ1) is 15.0. The third-order valence-electron chi connectivity index (χ3n) is 4.30. The van der Waals surface area contributed by atoms with E-state index in [1.165, 1.54) is 12.1 Å². The number of nitrogens with two attached hydrogens (primary N) is 1. The predicted octanol–water partition coefficient (Wildman–Crippen LogP) is 2.17. The van der Waals surface area contributed by atoms with Gasteiger partial charge in [-0.3, -0.25) is 4.79 Å². The third kappa shape index (κ3) is 3.57. The van der Waals surface area contributed by atoms with Gasteiger partial charge < -0.3 is 11.1 Å². The average molecular weight is 278 g/mol. The summed E-state index contributed by atoms with van der Waals surface area (Å²) in [6.07, 6.45) is 3.84. The summed E-state index contributed by atoms with van der Waals surface area (Å²) in [5.41, 5.74) is 7.71. The van der Waals surface area contributed by atoms with Crippen molar-refractivity contribution in [2.45, 2.75) is 32.6 Å². The summed E-state index contributed by atoms with van der Waals surface area (Å²) >= 11 is 0. The lowest BCUT2D eigenvalue weighted by Crippen LogP contribution is -2.36. The van der Waals surface area contributed by atoms with E-state index in [-0.39, 0.29) is 17.6 Å². The van der Waals surface area contributed by atoms with Gasteiger partial charge in [-0.25, -0.2) is 4.39 Å². The summed E-state index contributed by atoms with van der Waals surface area (Å²) in [5, 5.41) is 2.99. The molecule has 0 bridgehead atoms. The molecule has 2 atom stereocenters. The minimum Gasteiger partial charge on any atom is -0.356 e. The number of aryl methyl sites for hydroxylation is 1. The molecule has 3 nitrogen and oxygen atoms in total. The Hall–Kier alpha value is -1.42. The Morgan fingerprint density at radius 1 is 1.45 bits per heavy atom. The van der Waals surface area contributed by atoms with Crippen molar-refractivity contribution in [2.75, 3.05) is 13.1 Å². The van der Waals surface area contributed by atoms with Crippen molar-refractivity contribution in [3.05, 3.63) is 35.1 Å². The van der Waals surface area contributed by atoms with Gasteiger partial charge in [0.25, 0.3) is 0 Å². The van der Waals surface area contributed by atoms with E-state index in [1.54, 1.807) is 6.07 Å². The van der Waals surface area contributed by atoms with Gasteiger partial charge in [-0.05, 0) is 61.9 Å². The highest BCUT2D eigenvalue weighted by atomic mass is 19.1. The number of rotatable bonds is 5. The zero-order chi connectivity index (χ0) is 14.5. The second-order valence-electron chi connectivity index (χ2n) is 5.65. The number of nitrogens with one attached hydrogen (secondary N) is 1. The van der Waals surface area contributed by atoms with Gasteiger partial charge in [0, 0.05) is 12.5 Å². The van der Waals surface area contributed by atoms with Crippen molar-refractivity contribution in [3.63, 3.8) is 0 Å². The fourth-order valence-corrected chi connectivity index (χ4v) is 3.06. The number of hydrogen-bond acceptors (Lipinski definition) is 2. The molecule has 3 N–H and O–H groups in total. The number of amides is 1. The van der Waals surface area contributed by atoms with Gasteiger partial charge in [-0.15, -0.1) is 0 Å². The highest BCUT2D eigenvalue weighted by Crippen LogP contribution is 2.30. The molecule has 0 aliphatic heterocycles. The molecule has 1 aliphatic carbocycles. The molecular formula is C16H23FN2O. The number of halogens is 1. The highest BCUT2D eigenvalue weighted by Gasteiger charge is 2.31. The summed E-state index contributed by atoms with van der Waals surface area (Å²) in [6.45, 7) is 3.08. The molecule has 0 radical (unpaired) electrons. The fraction of sp³-hybridized carbons (Fsp3) is 0.562. The molecular weight excluding hydrogens is 255 g/mol. The standard InChI is InChI=1S/C16H23FN2O/c1-11-9-14(17)6-5-12(11)7-8-19-16(20)15-4-2-3-13(15)10-18/h5-6,9,13,15H,2-4,7-8,10,18H2,1H3,(H,19,20). The van der Waals surface area contributed by atoms with E-state index in [1.807, 2.05) is 6.92 Å². The van der Waals surface area contributed by atoms with Gasteiger partial charge in [0.2, 0.25) is 5.91 Å². The SMILES string of the molecule is Cc1cc(F)ccc1CCNC(=O)C1CCCC1CN. The first-order valence-electron chi connectivity index (χ1n) is 7.34. The van der Waals surface area contributed by atoms with Crippen LogP contribution in [-0.4, -0.2) is 19.0 Å². The monoisotopic (exact) mass is 278 g/mol. The summed E-state index contributed by atoms with van der Waals surface area (Å²) in [4.78, 5) is 12.1. The molecule has 0 spiro atoms. The fourth-order valence-electron chi connectivity index (χ4n) is 3.06. The molecule has 1 amide bonds. The molecule has 110 valence electrons. The lowest BCUT2D eigenvalue weighted by Gasteiger charge is -2.17. The zero-order valence-electron chi connectivity index (χ0n) is 12.0. The van der Waals surface area contributed by atoms with Crippen LogP contribution in [0.25, 0.3) is 0 Å². The molecule has 0 heterocycles. The van der Waals surface area contributed by atoms with Crippen LogP contribution in [0.3, 0.4) is 0 Å². The lowest BCUT2D eigenvalue weighted by molar-refractivity contribution is -0.125. The maximum atomic E-state index is 13.0. The normalized spacial score (nSPS) is 21.9. The molecule has 4 heteroatoms. The summed E-state index contributed by atoms with van der Waals surface area (Å²) in [7, 11) is 0. The molecule has 2 rings (SSSR count). The van der Waals surface area contributed by atoms with Crippen LogP contribution in [0.15, 0.2) is 18.2 Å². The van der Waals surface area contributed by atoms with Crippen molar-refractivity contribution in [1.82, 2.24) is 5.32 Å². The molecule has 0 saturated heterocycles. The highest BCUT2D eigenvalue weighted by molar-refractivity contribution is 5.79. The smallest absolute Gasteiger partial charge is 0.223 e. The van der Waals surface area contributed by atoms with E-state index >= 15 is 0 Å². The van der Waals surface area contributed by atoms with E-state index in [4.69, 9.17) is 5.73 Å². The molecule has 1 aromatic carbocycles. The van der Waals surface area contributed by atoms with Crippen LogP contribution >= 0.6 is 0 Å². The Kier molecular flexibility index (Phi) is 5.12. The first-order chi connectivity index (χ1) is 9.61. The van der Waals surface area contributed by atoms with Crippen LogP contribution in [0.1, 0.15) is 30.4 Å². The van der Waals surface area contributed by atoms with E-state index in [2.05, 4.69) is 5.32 Å². The van der Waals surface area contributed by atoms with Crippen molar-refractivity contribution < 1.29 is 9.18 Å². The number of carbonyl (C=O) groups is 1. The maximum Gasteiger partial charge on any atom is 0.223 e. The second-order valence-corrected chi connectivity index (χ2v) is 5.65. The number of carbonyl (C=O) groups excluding carboxylic acids is 1. The Balaban J connectivity index is 1.82. The summed E-state index contributed by atoms with van der Waals surface area (Å²) in [5.74, 6) is 0.321. The quantitative estimate of drug-likeness (QED) is 0.867. The Morgan fingerprint density at radius 3 is 2.95 bits per heavy atom. The van der Waals surface area contributed by atoms with Crippen molar-refractivity contribution >= 4 is 5.91 Å². The number of benzene rings is 1. The van der Waals surface area contributed by atoms with E-state index < -0.39 is 0 Å². The molecule has 20 heavy (non-hydrogen) atoms. The Bertz CT molecular complexity index is 476. The van der Waals surface area contributed by atoms with Crippen LogP contribution in [-0.2, 0) is 11.2 Å². The van der Waals surface area contributed by atoms with Gasteiger partial charge >= 0.3 is 0 Å². The third-order valence-corrected chi connectivity index (χ3v) is 4.30. The van der Waals surface area contributed by atoms with E-state index in [9.17, 15) is 9.18 Å². The molecule has 1 fully saturated rings. The van der Waals surface area contributed by atoms with Gasteiger partial charge in [-0.1, -0.05) is 12.5 Å². The lowest BCUT2D eigenvalue weighted by atomic mass is 9.95.